The second-order valence-corrected chi connectivity index (χ2v) is 9.56. The van der Waals surface area contributed by atoms with Gasteiger partial charge in [0.05, 0.1) is 19.3 Å². The summed E-state index contributed by atoms with van der Waals surface area (Å²) in [7, 11) is 0. The number of esters is 1. The highest BCUT2D eigenvalue weighted by Gasteiger charge is 2.07. The topological polar surface area (TPSA) is 182 Å². The molecule has 2 atom stereocenters. The Morgan fingerprint density at radius 1 is 0.553 bits per heavy atom. The number of carboxylic acids is 2. The molecule has 0 fully saturated rings. The van der Waals surface area contributed by atoms with Crippen LogP contribution in [-0.4, -0.2) is 80.6 Å². The molecule has 0 aliphatic heterocycles. The molecule has 0 radical (unpaired) electrons. The molecular weight excluding hydrogens is 496 g/mol. The molecule has 0 bridgehead atoms. The second kappa shape index (κ2) is 29.5. The fraction of sp³-hybridized carbons (Fsp3) is 0.821. The summed E-state index contributed by atoms with van der Waals surface area (Å²) in [5.41, 5.74) is 0. The smallest absolute Gasteiger partial charge is 0.328 e. The molecule has 38 heavy (non-hydrogen) atoms. The first kappa shape index (κ1) is 38.1. The van der Waals surface area contributed by atoms with E-state index in [1.807, 2.05) is 0 Å². The van der Waals surface area contributed by atoms with E-state index in [0.29, 0.717) is 18.6 Å². The molecule has 0 saturated carbocycles. The van der Waals surface area contributed by atoms with Crippen LogP contribution in [0.3, 0.4) is 0 Å². The van der Waals surface area contributed by atoms with E-state index in [2.05, 4.69) is 0 Å². The third kappa shape index (κ3) is 34.0. The van der Waals surface area contributed by atoms with Crippen molar-refractivity contribution in [1.29, 1.82) is 0 Å². The summed E-state index contributed by atoms with van der Waals surface area (Å²) < 4.78 is 4.87. The number of rotatable bonds is 25. The number of ether oxygens (including phenoxy) is 1. The summed E-state index contributed by atoms with van der Waals surface area (Å²) in [5.74, 6) is -2.81. The molecule has 0 rings (SSSR count). The van der Waals surface area contributed by atoms with Gasteiger partial charge in [-0.3, -0.25) is 4.79 Å². The maximum atomic E-state index is 11.4. The molecule has 0 aliphatic carbocycles. The zero-order valence-electron chi connectivity index (χ0n) is 23.0. The minimum absolute atomic E-state index is 0.113. The zero-order valence-corrected chi connectivity index (χ0v) is 23.0. The molecule has 10 heteroatoms. The molecule has 0 heterocycles. The van der Waals surface area contributed by atoms with Crippen LogP contribution < -0.4 is 0 Å². The van der Waals surface area contributed by atoms with Crippen LogP contribution in [0.4, 0.5) is 0 Å². The van der Waals surface area contributed by atoms with Gasteiger partial charge in [-0.2, -0.15) is 0 Å². The van der Waals surface area contributed by atoms with Crippen molar-refractivity contribution >= 4 is 17.9 Å². The average Bonchev–Trinajstić information content (AvgIpc) is 2.89. The Morgan fingerprint density at radius 2 is 0.895 bits per heavy atom. The van der Waals surface area contributed by atoms with Crippen LogP contribution in [0.5, 0.6) is 0 Å². The van der Waals surface area contributed by atoms with Gasteiger partial charge >= 0.3 is 17.9 Å². The summed E-state index contributed by atoms with van der Waals surface area (Å²) in [6, 6.07) is 0. The van der Waals surface area contributed by atoms with E-state index in [0.717, 1.165) is 38.5 Å². The van der Waals surface area contributed by atoms with Gasteiger partial charge in [-0.25, -0.2) is 9.59 Å². The van der Waals surface area contributed by atoms with Gasteiger partial charge in [0.15, 0.2) is 0 Å². The SMILES string of the molecule is O=C(CCCCCCCCCCCCCCCCCCC(O)CO)OCC(O)CO.O=C(O)C=CC(=O)O. The minimum atomic E-state index is -1.26. The molecule has 10 nitrogen and oxygen atoms in total. The lowest BCUT2D eigenvalue weighted by molar-refractivity contribution is -0.147. The Hall–Kier alpha value is -2.01. The highest BCUT2D eigenvalue weighted by atomic mass is 16.5. The Balaban J connectivity index is 0. The third-order valence-electron chi connectivity index (χ3n) is 5.89. The van der Waals surface area contributed by atoms with Crippen molar-refractivity contribution in [2.75, 3.05) is 19.8 Å². The first-order valence-corrected chi connectivity index (χ1v) is 14.1. The molecule has 0 aromatic heterocycles. The van der Waals surface area contributed by atoms with Gasteiger partial charge in [-0.15, -0.1) is 0 Å². The lowest BCUT2D eigenvalue weighted by Crippen LogP contribution is -2.21. The zero-order chi connectivity index (χ0) is 28.9. The number of hydrogen-bond donors (Lipinski definition) is 6. The molecule has 2 unspecified atom stereocenters. The number of aliphatic hydroxyl groups excluding tert-OH is 4. The maximum absolute atomic E-state index is 11.4. The summed E-state index contributed by atoms with van der Waals surface area (Å²) in [6.45, 7) is -0.612. The predicted octanol–water partition coefficient (Wildman–Crippen LogP) is 3.97. The van der Waals surface area contributed by atoms with Gasteiger partial charge < -0.3 is 35.4 Å². The van der Waals surface area contributed by atoms with Crippen molar-refractivity contribution < 1.29 is 49.8 Å². The summed E-state index contributed by atoms with van der Waals surface area (Å²) >= 11 is 0. The second-order valence-electron chi connectivity index (χ2n) is 9.56. The minimum Gasteiger partial charge on any atom is -0.478 e. The number of hydrogen-bond acceptors (Lipinski definition) is 8. The van der Waals surface area contributed by atoms with Gasteiger partial charge in [0.2, 0.25) is 0 Å². The van der Waals surface area contributed by atoms with Crippen LogP contribution >= 0.6 is 0 Å². The molecule has 0 spiro atoms. The number of aliphatic hydroxyl groups is 4. The fourth-order valence-corrected chi connectivity index (χ4v) is 3.67. The van der Waals surface area contributed by atoms with Gasteiger partial charge in [0.1, 0.15) is 12.7 Å². The van der Waals surface area contributed by atoms with Crippen molar-refractivity contribution in [2.45, 2.75) is 128 Å². The van der Waals surface area contributed by atoms with E-state index in [4.69, 9.17) is 30.3 Å². The van der Waals surface area contributed by atoms with Crippen LogP contribution in [0.25, 0.3) is 0 Å². The monoisotopic (exact) mass is 548 g/mol. The number of carboxylic acid groups (broad SMARTS) is 2. The van der Waals surface area contributed by atoms with Crippen molar-refractivity contribution in [3.63, 3.8) is 0 Å². The molecule has 0 aromatic carbocycles. The number of aliphatic carboxylic acids is 2. The van der Waals surface area contributed by atoms with E-state index < -0.39 is 24.1 Å². The van der Waals surface area contributed by atoms with Crippen molar-refractivity contribution in [3.8, 4) is 0 Å². The Kier molecular flexibility index (Phi) is 29.7. The summed E-state index contributed by atoms with van der Waals surface area (Å²) in [6.07, 6.45) is 20.3. The number of carbonyl (C=O) groups is 3. The number of unbranched alkanes of at least 4 members (excludes halogenated alkanes) is 15. The first-order valence-electron chi connectivity index (χ1n) is 14.1. The van der Waals surface area contributed by atoms with Gasteiger partial charge in [0.25, 0.3) is 0 Å². The van der Waals surface area contributed by atoms with E-state index in [-0.39, 0.29) is 25.8 Å². The Labute approximate surface area is 227 Å². The molecule has 224 valence electrons. The standard InChI is InChI=1S/C24H48O6.C4H4O4/c25-19-22(27)17-15-13-11-9-7-5-3-1-2-4-6-8-10-12-14-16-18-24(29)30-21-23(28)20-26;5-3(6)1-2-4(7)8/h22-23,25-28H,1-21H2;1-2H,(H,5,6)(H,7,8). The highest BCUT2D eigenvalue weighted by molar-refractivity contribution is 5.89. The number of carbonyl (C=O) groups excluding carboxylic acids is 1. The fourth-order valence-electron chi connectivity index (χ4n) is 3.67. The van der Waals surface area contributed by atoms with Gasteiger partial charge in [-0.1, -0.05) is 96.3 Å². The molecule has 6 N–H and O–H groups in total. The lowest BCUT2D eigenvalue weighted by Gasteiger charge is -2.08. The predicted molar refractivity (Wildman–Crippen MR) is 145 cm³/mol. The van der Waals surface area contributed by atoms with Crippen LogP contribution in [0.1, 0.15) is 116 Å². The quantitative estimate of drug-likeness (QED) is 0.0554. The lowest BCUT2D eigenvalue weighted by atomic mass is 10.0. The molecule has 0 saturated heterocycles. The first-order chi connectivity index (χ1) is 18.2. The van der Waals surface area contributed by atoms with Crippen LogP contribution in [0.2, 0.25) is 0 Å². The average molecular weight is 549 g/mol. The van der Waals surface area contributed by atoms with Gasteiger partial charge in [-0.05, 0) is 12.8 Å². The maximum Gasteiger partial charge on any atom is 0.328 e. The molecule has 0 aliphatic rings. The molecule has 0 aromatic rings. The van der Waals surface area contributed by atoms with E-state index in [1.165, 1.54) is 70.6 Å². The normalized spacial score (nSPS) is 12.5. The largest absolute Gasteiger partial charge is 0.478 e. The van der Waals surface area contributed by atoms with Crippen molar-refractivity contribution in [2.24, 2.45) is 0 Å². The molecule has 0 amide bonds. The summed E-state index contributed by atoms with van der Waals surface area (Å²) in [4.78, 5) is 30.5. The van der Waals surface area contributed by atoms with Gasteiger partial charge in [0, 0.05) is 18.6 Å². The van der Waals surface area contributed by atoms with Crippen molar-refractivity contribution in [3.05, 3.63) is 12.2 Å². The van der Waals surface area contributed by atoms with E-state index in [1.54, 1.807) is 0 Å². The van der Waals surface area contributed by atoms with E-state index >= 15 is 0 Å². The third-order valence-corrected chi connectivity index (χ3v) is 5.89. The Bertz CT molecular complexity index is 578. The van der Waals surface area contributed by atoms with E-state index in [9.17, 15) is 19.5 Å². The highest BCUT2D eigenvalue weighted by Crippen LogP contribution is 2.14. The van der Waals surface area contributed by atoms with Crippen LogP contribution in [-0.2, 0) is 19.1 Å². The van der Waals surface area contributed by atoms with Crippen LogP contribution in [0.15, 0.2) is 12.2 Å². The Morgan fingerprint density at radius 3 is 1.24 bits per heavy atom. The molecular formula is C28H52O10. The van der Waals surface area contributed by atoms with Crippen LogP contribution in [0, 0.1) is 0 Å². The van der Waals surface area contributed by atoms with Crippen molar-refractivity contribution in [1.82, 2.24) is 0 Å². The summed E-state index contributed by atoms with van der Waals surface area (Å²) in [5, 5.41) is 51.4.